The number of rotatable bonds is 4. The lowest BCUT2D eigenvalue weighted by Gasteiger charge is -2.34. The number of aliphatic hydroxyl groups is 1. The molecule has 2 rings (SSSR count). The van der Waals surface area contributed by atoms with Crippen LogP contribution in [0.2, 0.25) is 0 Å². The van der Waals surface area contributed by atoms with Crippen molar-refractivity contribution in [2.45, 2.75) is 50.5 Å². The highest BCUT2D eigenvalue weighted by Gasteiger charge is 2.33. The molecule has 0 amide bonds. The first-order chi connectivity index (χ1) is 9.71. The molecule has 0 bridgehead atoms. The molecule has 4 nitrogen and oxygen atoms in total. The van der Waals surface area contributed by atoms with Crippen molar-refractivity contribution in [3.8, 4) is 0 Å². The van der Waals surface area contributed by atoms with Crippen LogP contribution in [0.5, 0.6) is 0 Å². The summed E-state index contributed by atoms with van der Waals surface area (Å²) in [5, 5.41) is 9.93. The lowest BCUT2D eigenvalue weighted by Crippen LogP contribution is -2.45. The molecule has 1 aliphatic rings. The normalized spacial score (nSPS) is 19.9. The van der Waals surface area contributed by atoms with Gasteiger partial charge >= 0.3 is 0 Å². The molecule has 1 N–H and O–H groups in total. The topological polar surface area (TPSA) is 57.6 Å². The van der Waals surface area contributed by atoms with Crippen LogP contribution in [0.25, 0.3) is 0 Å². The fourth-order valence-corrected chi connectivity index (χ4v) is 4.07. The Hall–Kier alpha value is -0.910. The molecular formula is C16H25NO3S. The SMILES string of the molecule is CC(C)Cc1ccc(S(=O)(=O)N2CCC(C)(O)CC2)cc1. The van der Waals surface area contributed by atoms with E-state index in [2.05, 4.69) is 13.8 Å². The Morgan fingerprint density at radius 3 is 2.19 bits per heavy atom. The minimum absolute atomic E-state index is 0.344. The van der Waals surface area contributed by atoms with Gasteiger partial charge in [-0.3, -0.25) is 0 Å². The fraction of sp³-hybridized carbons (Fsp3) is 0.625. The van der Waals surface area contributed by atoms with Crippen LogP contribution in [0.15, 0.2) is 29.2 Å². The number of benzene rings is 1. The average Bonchev–Trinajstić information content (AvgIpc) is 2.38. The lowest BCUT2D eigenvalue weighted by atomic mass is 9.95. The van der Waals surface area contributed by atoms with Gasteiger partial charge in [-0.1, -0.05) is 26.0 Å². The first-order valence-electron chi connectivity index (χ1n) is 7.52. The molecular weight excluding hydrogens is 286 g/mol. The second-order valence-electron chi connectivity index (χ2n) is 6.64. The first-order valence-corrected chi connectivity index (χ1v) is 8.96. The minimum Gasteiger partial charge on any atom is -0.390 e. The molecule has 0 aromatic heterocycles. The maximum atomic E-state index is 12.6. The largest absolute Gasteiger partial charge is 0.390 e. The van der Waals surface area contributed by atoms with E-state index in [1.165, 1.54) is 4.31 Å². The maximum Gasteiger partial charge on any atom is 0.243 e. The Labute approximate surface area is 127 Å². The van der Waals surface area contributed by atoms with E-state index in [1.807, 2.05) is 12.1 Å². The molecule has 1 aromatic carbocycles. The fourth-order valence-electron chi connectivity index (χ4n) is 2.63. The molecule has 1 fully saturated rings. The number of nitrogens with zero attached hydrogens (tertiary/aromatic N) is 1. The van der Waals surface area contributed by atoms with Gasteiger partial charge < -0.3 is 5.11 Å². The summed E-state index contributed by atoms with van der Waals surface area (Å²) in [4.78, 5) is 0.344. The van der Waals surface area contributed by atoms with Crippen LogP contribution in [0, 0.1) is 5.92 Å². The molecule has 0 unspecified atom stereocenters. The van der Waals surface area contributed by atoms with E-state index in [4.69, 9.17) is 0 Å². The molecule has 5 heteroatoms. The Morgan fingerprint density at radius 2 is 1.71 bits per heavy atom. The molecule has 0 saturated carbocycles. The van der Waals surface area contributed by atoms with Crippen molar-refractivity contribution in [2.24, 2.45) is 5.92 Å². The van der Waals surface area contributed by atoms with E-state index < -0.39 is 15.6 Å². The molecule has 118 valence electrons. The van der Waals surface area contributed by atoms with Crippen molar-refractivity contribution in [3.63, 3.8) is 0 Å². The lowest BCUT2D eigenvalue weighted by molar-refractivity contribution is 0.0126. The van der Waals surface area contributed by atoms with Gasteiger partial charge in [0.1, 0.15) is 0 Å². The summed E-state index contributed by atoms with van der Waals surface area (Å²) >= 11 is 0. The third kappa shape index (κ3) is 4.05. The molecule has 21 heavy (non-hydrogen) atoms. The predicted molar refractivity (Wildman–Crippen MR) is 83.6 cm³/mol. The number of piperidine rings is 1. The summed E-state index contributed by atoms with van der Waals surface area (Å²) < 4.78 is 26.6. The molecule has 0 atom stereocenters. The van der Waals surface area contributed by atoms with E-state index in [-0.39, 0.29) is 0 Å². The van der Waals surface area contributed by atoms with Gasteiger partial charge in [-0.05, 0) is 49.8 Å². The second kappa shape index (κ2) is 6.07. The van der Waals surface area contributed by atoms with Gasteiger partial charge in [0, 0.05) is 13.1 Å². The van der Waals surface area contributed by atoms with E-state index in [1.54, 1.807) is 19.1 Å². The van der Waals surface area contributed by atoms with Gasteiger partial charge in [-0.25, -0.2) is 8.42 Å². The Morgan fingerprint density at radius 1 is 1.19 bits per heavy atom. The highest BCUT2D eigenvalue weighted by Crippen LogP contribution is 2.26. The summed E-state index contributed by atoms with van der Waals surface area (Å²) in [7, 11) is -3.44. The summed E-state index contributed by atoms with van der Waals surface area (Å²) in [5.74, 6) is 0.553. The number of sulfonamides is 1. The smallest absolute Gasteiger partial charge is 0.243 e. The van der Waals surface area contributed by atoms with Gasteiger partial charge in [0.25, 0.3) is 0 Å². The number of hydrogen-bond donors (Lipinski definition) is 1. The van der Waals surface area contributed by atoms with Crippen LogP contribution < -0.4 is 0 Å². The van der Waals surface area contributed by atoms with Gasteiger partial charge in [-0.2, -0.15) is 4.31 Å². The summed E-state index contributed by atoms with van der Waals surface area (Å²) in [5.41, 5.74) is 0.415. The molecule has 0 radical (unpaired) electrons. The zero-order chi connectivity index (χ0) is 15.7. The summed E-state index contributed by atoms with van der Waals surface area (Å²) in [6.07, 6.45) is 1.92. The standard InChI is InChI=1S/C16H25NO3S/c1-13(2)12-14-4-6-15(7-5-14)21(19,20)17-10-8-16(3,18)9-11-17/h4-7,13,18H,8-12H2,1-3H3. The molecule has 1 aliphatic heterocycles. The summed E-state index contributed by atoms with van der Waals surface area (Å²) in [6, 6.07) is 7.18. The van der Waals surface area contributed by atoms with Crippen LogP contribution in [-0.4, -0.2) is 36.5 Å². The highest BCUT2D eigenvalue weighted by atomic mass is 32.2. The van der Waals surface area contributed by atoms with Crippen molar-refractivity contribution < 1.29 is 13.5 Å². The average molecular weight is 311 g/mol. The van der Waals surface area contributed by atoms with Gasteiger partial charge in [0.15, 0.2) is 0 Å². The van der Waals surface area contributed by atoms with Crippen molar-refractivity contribution >= 4 is 10.0 Å². The minimum atomic E-state index is -3.44. The highest BCUT2D eigenvalue weighted by molar-refractivity contribution is 7.89. The number of hydrogen-bond acceptors (Lipinski definition) is 3. The van der Waals surface area contributed by atoms with Crippen molar-refractivity contribution in [3.05, 3.63) is 29.8 Å². The van der Waals surface area contributed by atoms with E-state index in [0.717, 1.165) is 12.0 Å². The van der Waals surface area contributed by atoms with Crippen LogP contribution in [-0.2, 0) is 16.4 Å². The first kappa shape index (κ1) is 16.5. The second-order valence-corrected chi connectivity index (χ2v) is 8.58. The van der Waals surface area contributed by atoms with Gasteiger partial charge in [-0.15, -0.1) is 0 Å². The molecule has 0 spiro atoms. The molecule has 1 heterocycles. The Bertz CT molecular complexity index is 566. The van der Waals surface area contributed by atoms with Crippen LogP contribution in [0.3, 0.4) is 0 Å². The Kier molecular flexibility index (Phi) is 4.76. The van der Waals surface area contributed by atoms with Crippen LogP contribution in [0.4, 0.5) is 0 Å². The van der Waals surface area contributed by atoms with E-state index in [9.17, 15) is 13.5 Å². The van der Waals surface area contributed by atoms with Crippen molar-refractivity contribution in [1.29, 1.82) is 0 Å². The molecule has 1 aromatic rings. The van der Waals surface area contributed by atoms with Crippen LogP contribution in [0.1, 0.15) is 39.2 Å². The van der Waals surface area contributed by atoms with Gasteiger partial charge in [0.05, 0.1) is 10.5 Å². The molecule has 0 aliphatic carbocycles. The van der Waals surface area contributed by atoms with E-state index >= 15 is 0 Å². The van der Waals surface area contributed by atoms with Gasteiger partial charge in [0.2, 0.25) is 10.0 Å². The Balaban J connectivity index is 2.13. The van der Waals surface area contributed by atoms with Crippen LogP contribution >= 0.6 is 0 Å². The zero-order valence-electron chi connectivity index (χ0n) is 13.0. The van der Waals surface area contributed by atoms with Crippen molar-refractivity contribution in [1.82, 2.24) is 4.31 Å². The quantitative estimate of drug-likeness (QED) is 0.929. The molecule has 1 saturated heterocycles. The van der Waals surface area contributed by atoms with E-state index in [0.29, 0.717) is 36.7 Å². The monoisotopic (exact) mass is 311 g/mol. The third-order valence-corrected chi connectivity index (χ3v) is 5.92. The summed E-state index contributed by atoms with van der Waals surface area (Å²) in [6.45, 7) is 6.80. The van der Waals surface area contributed by atoms with Crippen molar-refractivity contribution in [2.75, 3.05) is 13.1 Å². The predicted octanol–water partition coefficient (Wildman–Crippen LogP) is 2.42. The maximum absolute atomic E-state index is 12.6. The zero-order valence-corrected chi connectivity index (χ0v) is 13.9. The third-order valence-electron chi connectivity index (χ3n) is 4.00.